The Morgan fingerprint density at radius 3 is 2.06 bits per heavy atom. The third-order valence-electron chi connectivity index (χ3n) is 4.43. The Hall–Kier alpha value is -3.13. The highest BCUT2D eigenvalue weighted by atomic mass is 127. The molecule has 0 aliphatic carbocycles. The van der Waals surface area contributed by atoms with Gasteiger partial charge < -0.3 is 14.8 Å². The van der Waals surface area contributed by atoms with Crippen molar-refractivity contribution in [1.29, 1.82) is 0 Å². The van der Waals surface area contributed by atoms with Gasteiger partial charge >= 0.3 is 5.97 Å². The minimum Gasteiger partial charge on any atom is -0.497 e. The number of nitrogens with one attached hydrogen (secondary N) is 1. The number of hydrogen-bond acceptors (Lipinski definition) is 4. The number of ether oxygens (including phenoxy) is 2. The van der Waals surface area contributed by atoms with Crippen LogP contribution in [0.4, 0.5) is 0 Å². The second kappa shape index (κ2) is 11.3. The fraction of sp³-hybridized carbons (Fsp3) is 0.120. The third kappa shape index (κ3) is 7.25. The van der Waals surface area contributed by atoms with E-state index in [9.17, 15) is 9.59 Å². The normalized spacial score (nSPS) is 10.6. The van der Waals surface area contributed by atoms with E-state index in [1.807, 2.05) is 48.5 Å². The highest BCUT2D eigenvalue weighted by Gasteiger charge is 2.06. The van der Waals surface area contributed by atoms with Gasteiger partial charge in [-0.05, 0) is 81.8 Å². The third-order valence-corrected chi connectivity index (χ3v) is 5.15. The Bertz CT molecular complexity index is 1040. The van der Waals surface area contributed by atoms with E-state index in [1.165, 1.54) is 9.65 Å². The fourth-order valence-corrected chi connectivity index (χ4v) is 3.13. The summed E-state index contributed by atoms with van der Waals surface area (Å²) in [6, 6.07) is 22.9. The minimum atomic E-state index is -0.401. The topological polar surface area (TPSA) is 64.6 Å². The molecule has 0 bridgehead atoms. The van der Waals surface area contributed by atoms with Crippen LogP contribution in [0.3, 0.4) is 0 Å². The fourth-order valence-electron chi connectivity index (χ4n) is 2.77. The van der Waals surface area contributed by atoms with Crippen LogP contribution in [0, 0.1) is 3.57 Å². The van der Waals surface area contributed by atoms with Crippen molar-refractivity contribution in [3.05, 3.63) is 88.0 Å². The molecule has 3 rings (SSSR count). The number of rotatable bonds is 8. The zero-order valence-corrected chi connectivity index (χ0v) is 19.2. The Kier molecular flexibility index (Phi) is 8.23. The average Bonchev–Trinajstić information content (AvgIpc) is 2.79. The van der Waals surface area contributed by atoms with Crippen LogP contribution in [0.15, 0.2) is 78.9 Å². The molecule has 1 amide bonds. The van der Waals surface area contributed by atoms with Gasteiger partial charge in [0.15, 0.2) is 0 Å². The molecule has 1 N–H and O–H groups in total. The number of esters is 1. The predicted octanol–water partition coefficient (Wildman–Crippen LogP) is 5.09. The summed E-state index contributed by atoms with van der Waals surface area (Å²) >= 11 is 2.27. The number of hydrogen-bond donors (Lipinski definition) is 1. The van der Waals surface area contributed by atoms with Gasteiger partial charge in [0.25, 0.3) is 0 Å². The second-order valence-electron chi connectivity index (χ2n) is 6.65. The highest BCUT2D eigenvalue weighted by Crippen LogP contribution is 2.23. The van der Waals surface area contributed by atoms with Gasteiger partial charge in [-0.25, -0.2) is 0 Å². The maximum absolute atomic E-state index is 12.0. The summed E-state index contributed by atoms with van der Waals surface area (Å²) in [4.78, 5) is 23.9. The summed E-state index contributed by atoms with van der Waals surface area (Å²) in [5, 5.41) is 2.68. The molecular formula is C25H22INO4. The molecule has 0 aliphatic heterocycles. The highest BCUT2D eigenvalue weighted by molar-refractivity contribution is 14.1. The van der Waals surface area contributed by atoms with Gasteiger partial charge in [0.05, 0.1) is 13.5 Å². The molecule has 0 aliphatic rings. The molecular weight excluding hydrogens is 505 g/mol. The predicted molar refractivity (Wildman–Crippen MR) is 130 cm³/mol. The van der Waals surface area contributed by atoms with Crippen molar-refractivity contribution in [1.82, 2.24) is 5.32 Å². The molecule has 3 aromatic carbocycles. The van der Waals surface area contributed by atoms with Gasteiger partial charge in [0.1, 0.15) is 11.5 Å². The minimum absolute atomic E-state index is 0.0843. The van der Waals surface area contributed by atoms with Crippen molar-refractivity contribution in [2.75, 3.05) is 13.7 Å². The van der Waals surface area contributed by atoms with Gasteiger partial charge in [0, 0.05) is 16.2 Å². The van der Waals surface area contributed by atoms with Crippen molar-refractivity contribution in [3.63, 3.8) is 0 Å². The van der Waals surface area contributed by atoms with Crippen LogP contribution in [0.25, 0.3) is 17.2 Å². The molecule has 0 aromatic heterocycles. The lowest BCUT2D eigenvalue weighted by molar-refractivity contribution is -0.134. The molecule has 5 nitrogen and oxygen atoms in total. The standard InChI is InChI=1S/C25H22INO4/c1-30-22-11-2-18(3-12-22)4-15-24(28)27-17-16-25(29)31-23-13-7-20(8-14-23)19-5-9-21(26)10-6-19/h2-15H,16-17H2,1H3,(H,27,28)/b15-4+. The van der Waals surface area contributed by atoms with Crippen LogP contribution in [0.2, 0.25) is 0 Å². The zero-order chi connectivity index (χ0) is 22.1. The van der Waals surface area contributed by atoms with E-state index < -0.39 is 5.97 Å². The lowest BCUT2D eigenvalue weighted by atomic mass is 10.1. The first-order valence-corrected chi connectivity index (χ1v) is 10.8. The van der Waals surface area contributed by atoms with Gasteiger partial charge in [-0.1, -0.05) is 36.4 Å². The van der Waals surface area contributed by atoms with E-state index in [0.717, 1.165) is 22.4 Å². The van der Waals surface area contributed by atoms with Gasteiger partial charge in [-0.15, -0.1) is 0 Å². The van der Waals surface area contributed by atoms with E-state index in [-0.39, 0.29) is 18.9 Å². The van der Waals surface area contributed by atoms with Crippen LogP contribution in [-0.2, 0) is 9.59 Å². The quantitative estimate of drug-likeness (QED) is 0.192. The molecule has 0 radical (unpaired) electrons. The van der Waals surface area contributed by atoms with Crippen molar-refractivity contribution in [2.45, 2.75) is 6.42 Å². The summed E-state index contributed by atoms with van der Waals surface area (Å²) in [5.41, 5.74) is 3.03. The smallest absolute Gasteiger partial charge is 0.312 e. The maximum Gasteiger partial charge on any atom is 0.312 e. The number of halogens is 1. The van der Waals surface area contributed by atoms with Gasteiger partial charge in [-0.3, -0.25) is 9.59 Å². The van der Waals surface area contributed by atoms with Crippen LogP contribution in [-0.4, -0.2) is 25.5 Å². The largest absolute Gasteiger partial charge is 0.497 e. The number of methoxy groups -OCH3 is 1. The van der Waals surface area contributed by atoms with Crippen LogP contribution in [0.1, 0.15) is 12.0 Å². The summed E-state index contributed by atoms with van der Waals surface area (Å²) in [6.07, 6.45) is 3.21. The molecule has 158 valence electrons. The molecule has 31 heavy (non-hydrogen) atoms. The first-order chi connectivity index (χ1) is 15.0. The lowest BCUT2D eigenvalue weighted by Crippen LogP contribution is -2.25. The van der Waals surface area contributed by atoms with Crippen LogP contribution >= 0.6 is 22.6 Å². The van der Waals surface area contributed by atoms with Crippen molar-refractivity contribution < 1.29 is 19.1 Å². The Morgan fingerprint density at radius 2 is 1.45 bits per heavy atom. The summed E-state index contributed by atoms with van der Waals surface area (Å²) in [7, 11) is 1.60. The summed E-state index contributed by atoms with van der Waals surface area (Å²) < 4.78 is 11.6. The average molecular weight is 527 g/mol. The van der Waals surface area contributed by atoms with Gasteiger partial charge in [0.2, 0.25) is 5.91 Å². The van der Waals surface area contributed by atoms with E-state index in [0.29, 0.717) is 5.75 Å². The number of carbonyl (C=O) groups excluding carboxylic acids is 2. The second-order valence-corrected chi connectivity index (χ2v) is 7.90. The Balaban J connectivity index is 1.41. The SMILES string of the molecule is COc1ccc(/C=C/C(=O)NCCC(=O)Oc2ccc(-c3ccc(I)cc3)cc2)cc1. The van der Waals surface area contributed by atoms with E-state index in [4.69, 9.17) is 9.47 Å². The monoisotopic (exact) mass is 527 g/mol. The van der Waals surface area contributed by atoms with Crippen molar-refractivity contribution in [3.8, 4) is 22.6 Å². The molecule has 0 saturated carbocycles. The molecule has 0 saturated heterocycles. The number of carbonyl (C=O) groups is 2. The molecule has 3 aromatic rings. The molecule has 0 heterocycles. The molecule has 0 fully saturated rings. The summed E-state index contributed by atoms with van der Waals surface area (Å²) in [5.74, 6) is 0.557. The zero-order valence-electron chi connectivity index (χ0n) is 17.0. The Labute approximate surface area is 195 Å². The molecule has 0 spiro atoms. The molecule has 6 heteroatoms. The first kappa shape index (κ1) is 22.6. The lowest BCUT2D eigenvalue weighted by Gasteiger charge is -2.07. The van der Waals surface area contributed by atoms with Crippen LogP contribution in [0.5, 0.6) is 11.5 Å². The number of benzene rings is 3. The summed E-state index contributed by atoms with van der Waals surface area (Å²) in [6.45, 7) is 0.200. The number of amides is 1. The van der Waals surface area contributed by atoms with Crippen molar-refractivity contribution in [2.24, 2.45) is 0 Å². The van der Waals surface area contributed by atoms with E-state index in [1.54, 1.807) is 25.3 Å². The molecule has 0 unspecified atom stereocenters. The maximum atomic E-state index is 12.0. The van der Waals surface area contributed by atoms with Gasteiger partial charge in [-0.2, -0.15) is 0 Å². The van der Waals surface area contributed by atoms with Crippen LogP contribution < -0.4 is 14.8 Å². The van der Waals surface area contributed by atoms with E-state index in [2.05, 4.69) is 40.0 Å². The first-order valence-electron chi connectivity index (χ1n) is 9.70. The molecule has 0 atom stereocenters. The Morgan fingerprint density at radius 1 is 0.871 bits per heavy atom. The van der Waals surface area contributed by atoms with Crippen molar-refractivity contribution >= 4 is 40.5 Å². The van der Waals surface area contributed by atoms with E-state index >= 15 is 0 Å².